The van der Waals surface area contributed by atoms with Gasteiger partial charge in [0.2, 0.25) is 0 Å². The van der Waals surface area contributed by atoms with E-state index in [4.69, 9.17) is 0 Å². The van der Waals surface area contributed by atoms with Crippen molar-refractivity contribution in [2.45, 2.75) is 19.8 Å². The predicted octanol–water partition coefficient (Wildman–Crippen LogP) is 4.16. The van der Waals surface area contributed by atoms with Gasteiger partial charge in [-0.3, -0.25) is 0 Å². The summed E-state index contributed by atoms with van der Waals surface area (Å²) in [6.45, 7) is 4.26. The Labute approximate surface area is 81.0 Å². The molecule has 0 amide bonds. The first-order chi connectivity index (χ1) is 6.18. The summed E-state index contributed by atoms with van der Waals surface area (Å²) >= 11 is 1.68. The highest BCUT2D eigenvalue weighted by Crippen LogP contribution is 2.31. The zero-order valence-electron chi connectivity index (χ0n) is 7.67. The number of hydrogen-bond donors (Lipinski definition) is 0. The quantitative estimate of drug-likeness (QED) is 0.639. The van der Waals surface area contributed by atoms with Crippen LogP contribution in [-0.2, 0) is 0 Å². The zero-order valence-corrected chi connectivity index (χ0v) is 8.49. The van der Waals surface area contributed by atoms with E-state index < -0.39 is 0 Å². The maximum Gasteiger partial charge on any atom is 0.131 e. The van der Waals surface area contributed by atoms with Crippen molar-refractivity contribution in [3.63, 3.8) is 0 Å². The molecular weight excluding hydrogens is 183 g/mol. The van der Waals surface area contributed by atoms with Crippen LogP contribution < -0.4 is 0 Å². The second-order valence-corrected chi connectivity index (χ2v) is 4.57. The molecule has 1 heterocycles. The summed E-state index contributed by atoms with van der Waals surface area (Å²) < 4.78 is 14.3. The molecule has 0 spiro atoms. The fourth-order valence-electron chi connectivity index (χ4n) is 1.33. The lowest BCUT2D eigenvalue weighted by Crippen LogP contribution is -1.78. The number of thiophene rings is 1. The summed E-state index contributed by atoms with van der Waals surface area (Å²) in [7, 11) is 0. The molecule has 0 bridgehead atoms. The molecule has 0 aliphatic carbocycles. The van der Waals surface area contributed by atoms with E-state index in [0.29, 0.717) is 5.92 Å². The maximum absolute atomic E-state index is 13.3. The molecule has 0 aliphatic heterocycles. The first-order valence-corrected chi connectivity index (χ1v) is 5.18. The summed E-state index contributed by atoms with van der Waals surface area (Å²) in [6.07, 6.45) is 0. The SMILES string of the molecule is CC(C)c1cc2c(F)cccc2s1. The number of halogens is 1. The van der Waals surface area contributed by atoms with Gasteiger partial charge < -0.3 is 0 Å². The van der Waals surface area contributed by atoms with E-state index in [0.717, 1.165) is 10.1 Å². The molecule has 2 rings (SSSR count). The van der Waals surface area contributed by atoms with Crippen LogP contribution in [0.15, 0.2) is 24.3 Å². The van der Waals surface area contributed by atoms with Gasteiger partial charge in [-0.15, -0.1) is 11.3 Å². The van der Waals surface area contributed by atoms with E-state index in [-0.39, 0.29) is 5.82 Å². The van der Waals surface area contributed by atoms with Crippen LogP contribution >= 0.6 is 11.3 Å². The van der Waals surface area contributed by atoms with Crippen LogP contribution in [0.5, 0.6) is 0 Å². The Bertz CT molecular complexity index is 429. The average Bonchev–Trinajstić information content (AvgIpc) is 2.49. The van der Waals surface area contributed by atoms with E-state index in [1.165, 1.54) is 10.9 Å². The molecule has 0 aliphatic rings. The van der Waals surface area contributed by atoms with Gasteiger partial charge in [-0.05, 0) is 24.1 Å². The largest absolute Gasteiger partial charge is 0.206 e. The fraction of sp³-hybridized carbons (Fsp3) is 0.273. The highest BCUT2D eigenvalue weighted by molar-refractivity contribution is 7.19. The van der Waals surface area contributed by atoms with Gasteiger partial charge in [-0.1, -0.05) is 19.9 Å². The molecule has 0 unspecified atom stereocenters. The molecule has 2 heteroatoms. The highest BCUT2D eigenvalue weighted by Gasteiger charge is 2.07. The fourth-order valence-corrected chi connectivity index (χ4v) is 2.41. The van der Waals surface area contributed by atoms with Gasteiger partial charge in [-0.25, -0.2) is 4.39 Å². The standard InChI is InChI=1S/C11H11FS/c1-7(2)11-6-8-9(12)4-3-5-10(8)13-11/h3-7H,1-2H3. The van der Waals surface area contributed by atoms with Gasteiger partial charge in [0.1, 0.15) is 5.82 Å². The topological polar surface area (TPSA) is 0 Å². The van der Waals surface area contributed by atoms with Crippen LogP contribution in [-0.4, -0.2) is 0 Å². The van der Waals surface area contributed by atoms with E-state index >= 15 is 0 Å². The molecule has 0 nitrogen and oxygen atoms in total. The molecule has 13 heavy (non-hydrogen) atoms. The lowest BCUT2D eigenvalue weighted by Gasteiger charge is -1.96. The van der Waals surface area contributed by atoms with Crippen molar-refractivity contribution in [2.75, 3.05) is 0 Å². The summed E-state index contributed by atoms with van der Waals surface area (Å²) in [6, 6.07) is 7.20. The smallest absolute Gasteiger partial charge is 0.131 e. The Morgan fingerprint density at radius 3 is 2.69 bits per heavy atom. The Hall–Kier alpha value is -0.890. The third kappa shape index (κ3) is 1.46. The van der Waals surface area contributed by atoms with Crippen molar-refractivity contribution in [1.29, 1.82) is 0 Å². The minimum atomic E-state index is -0.111. The van der Waals surface area contributed by atoms with E-state index in [9.17, 15) is 4.39 Å². The maximum atomic E-state index is 13.3. The first-order valence-electron chi connectivity index (χ1n) is 4.36. The summed E-state index contributed by atoms with van der Waals surface area (Å²) in [4.78, 5) is 1.25. The number of rotatable bonds is 1. The number of fused-ring (bicyclic) bond motifs is 1. The second-order valence-electron chi connectivity index (χ2n) is 3.46. The second kappa shape index (κ2) is 3.11. The van der Waals surface area contributed by atoms with Crippen LogP contribution in [0.2, 0.25) is 0 Å². The lowest BCUT2D eigenvalue weighted by atomic mass is 10.1. The van der Waals surface area contributed by atoms with Crippen LogP contribution in [0.1, 0.15) is 24.6 Å². The van der Waals surface area contributed by atoms with Crippen molar-refractivity contribution < 1.29 is 4.39 Å². The van der Waals surface area contributed by atoms with Gasteiger partial charge in [0.15, 0.2) is 0 Å². The van der Waals surface area contributed by atoms with Crippen LogP contribution in [0.3, 0.4) is 0 Å². The van der Waals surface area contributed by atoms with E-state index in [2.05, 4.69) is 13.8 Å². The normalized spacial score (nSPS) is 11.4. The molecular formula is C11H11FS. The number of hydrogen-bond acceptors (Lipinski definition) is 1. The third-order valence-corrected chi connectivity index (χ3v) is 3.50. The third-order valence-electron chi connectivity index (χ3n) is 2.10. The Kier molecular flexibility index (Phi) is 2.08. The highest BCUT2D eigenvalue weighted by atomic mass is 32.1. The first kappa shape index (κ1) is 8.70. The van der Waals surface area contributed by atoms with Crippen LogP contribution in [0.4, 0.5) is 4.39 Å². The van der Waals surface area contributed by atoms with Crippen molar-refractivity contribution in [1.82, 2.24) is 0 Å². The number of benzene rings is 1. The zero-order chi connectivity index (χ0) is 9.42. The monoisotopic (exact) mass is 194 g/mol. The molecule has 0 saturated carbocycles. The lowest BCUT2D eigenvalue weighted by molar-refractivity contribution is 0.640. The van der Waals surface area contributed by atoms with Crippen molar-refractivity contribution in [3.05, 3.63) is 35.0 Å². The predicted molar refractivity (Wildman–Crippen MR) is 55.9 cm³/mol. The molecule has 0 radical (unpaired) electrons. The van der Waals surface area contributed by atoms with Crippen molar-refractivity contribution in [2.24, 2.45) is 0 Å². The molecule has 2 aromatic rings. The molecule has 0 atom stereocenters. The van der Waals surface area contributed by atoms with E-state index in [1.54, 1.807) is 17.4 Å². The molecule has 0 saturated heterocycles. The van der Waals surface area contributed by atoms with Gasteiger partial charge in [0.25, 0.3) is 0 Å². The molecule has 1 aromatic carbocycles. The van der Waals surface area contributed by atoms with Crippen molar-refractivity contribution >= 4 is 21.4 Å². The van der Waals surface area contributed by atoms with Gasteiger partial charge in [-0.2, -0.15) is 0 Å². The Morgan fingerprint density at radius 1 is 1.31 bits per heavy atom. The van der Waals surface area contributed by atoms with Gasteiger partial charge in [0.05, 0.1) is 0 Å². The molecule has 0 N–H and O–H groups in total. The van der Waals surface area contributed by atoms with Gasteiger partial charge >= 0.3 is 0 Å². The average molecular weight is 194 g/mol. The molecule has 68 valence electrons. The summed E-state index contributed by atoms with van der Waals surface area (Å²) in [5, 5.41) is 0.760. The van der Waals surface area contributed by atoms with E-state index in [1.807, 2.05) is 12.1 Å². The minimum Gasteiger partial charge on any atom is -0.206 e. The summed E-state index contributed by atoms with van der Waals surface area (Å²) in [5.41, 5.74) is 0. The summed E-state index contributed by atoms with van der Waals surface area (Å²) in [5.74, 6) is 0.373. The molecule has 0 fully saturated rings. The van der Waals surface area contributed by atoms with Gasteiger partial charge in [0, 0.05) is 15.0 Å². The minimum absolute atomic E-state index is 0.111. The molecule has 1 aromatic heterocycles. The van der Waals surface area contributed by atoms with Crippen LogP contribution in [0, 0.1) is 5.82 Å². The Balaban J connectivity index is 2.68. The van der Waals surface area contributed by atoms with Crippen molar-refractivity contribution in [3.8, 4) is 0 Å². The van der Waals surface area contributed by atoms with Crippen LogP contribution in [0.25, 0.3) is 10.1 Å². The Morgan fingerprint density at radius 2 is 2.08 bits per heavy atom.